The minimum atomic E-state index is 0.487. The van der Waals surface area contributed by atoms with Crippen LogP contribution in [0.4, 0.5) is 0 Å². The largest absolute Gasteiger partial charge is 0.309 e. The summed E-state index contributed by atoms with van der Waals surface area (Å²) in [6.45, 7) is 0. The standard InChI is InChI=1S/C50H28N4S/c51-29-33-10-9-11-34(30-52)50(33)32-22-20-31(21-23-32)36-25-24-35(26-46(36)54-44-17-6-1-12-37(44)38-13-2-7-18-45(38)54)53-43-16-5-3-14-39(43)41-28-49-42(27-47(41)53)40-15-4-8-19-48(40)55-49/h1-28H. The quantitative estimate of drug-likeness (QED) is 0.182. The van der Waals surface area contributed by atoms with Gasteiger partial charge in [0.1, 0.15) is 0 Å². The molecule has 3 aromatic heterocycles. The molecule has 0 atom stereocenters. The van der Waals surface area contributed by atoms with Gasteiger partial charge in [-0.15, -0.1) is 11.3 Å². The molecule has 4 nitrogen and oxygen atoms in total. The molecule has 8 aromatic carbocycles. The summed E-state index contributed by atoms with van der Waals surface area (Å²) < 4.78 is 7.41. The van der Waals surface area contributed by atoms with Crippen LogP contribution in [0.3, 0.4) is 0 Å². The van der Waals surface area contributed by atoms with Crippen molar-refractivity contribution in [1.29, 1.82) is 10.5 Å². The summed E-state index contributed by atoms with van der Waals surface area (Å²) in [7, 11) is 0. The van der Waals surface area contributed by atoms with Gasteiger partial charge in [-0.1, -0.05) is 109 Å². The van der Waals surface area contributed by atoms with Gasteiger partial charge in [0.15, 0.2) is 0 Å². The van der Waals surface area contributed by atoms with Crippen LogP contribution in [-0.2, 0) is 0 Å². The molecule has 11 aromatic rings. The number of hydrogen-bond acceptors (Lipinski definition) is 3. The van der Waals surface area contributed by atoms with Crippen LogP contribution in [0.5, 0.6) is 0 Å². The average molecular weight is 717 g/mol. The van der Waals surface area contributed by atoms with Gasteiger partial charge in [0.2, 0.25) is 0 Å². The number of nitrogens with zero attached hydrogens (tertiary/aromatic N) is 4. The Bertz CT molecular complexity index is 3370. The van der Waals surface area contributed by atoms with E-state index < -0.39 is 0 Å². The number of benzene rings is 8. The normalized spacial score (nSPS) is 11.6. The van der Waals surface area contributed by atoms with E-state index in [9.17, 15) is 10.5 Å². The van der Waals surface area contributed by atoms with Gasteiger partial charge in [0.25, 0.3) is 0 Å². The lowest BCUT2D eigenvalue weighted by molar-refractivity contribution is 1.14. The van der Waals surface area contributed by atoms with E-state index in [4.69, 9.17) is 0 Å². The van der Waals surface area contributed by atoms with Crippen molar-refractivity contribution in [2.75, 3.05) is 0 Å². The maximum Gasteiger partial charge on any atom is 0.0998 e. The molecule has 254 valence electrons. The highest BCUT2D eigenvalue weighted by Gasteiger charge is 2.20. The fraction of sp³-hybridized carbons (Fsp3) is 0. The second-order valence-corrected chi connectivity index (χ2v) is 15.0. The molecule has 0 aliphatic carbocycles. The fourth-order valence-corrected chi connectivity index (χ4v) is 9.73. The first-order chi connectivity index (χ1) is 27.2. The Morgan fingerprint density at radius 3 is 1.62 bits per heavy atom. The summed E-state index contributed by atoms with van der Waals surface area (Å²) in [4.78, 5) is 0. The third-order valence-corrected chi connectivity index (χ3v) is 12.2. The molecule has 0 bridgehead atoms. The highest BCUT2D eigenvalue weighted by atomic mass is 32.1. The Morgan fingerprint density at radius 2 is 0.964 bits per heavy atom. The predicted molar refractivity (Wildman–Crippen MR) is 228 cm³/mol. The van der Waals surface area contributed by atoms with Crippen LogP contribution >= 0.6 is 11.3 Å². The molecule has 0 aliphatic rings. The first kappa shape index (κ1) is 31.1. The Kier molecular flexibility index (Phi) is 6.82. The fourth-order valence-electron chi connectivity index (χ4n) is 8.60. The lowest BCUT2D eigenvalue weighted by atomic mass is 9.93. The lowest BCUT2D eigenvalue weighted by Crippen LogP contribution is -2.01. The zero-order valence-corrected chi connectivity index (χ0v) is 30.2. The molecular formula is C50H28N4S. The summed E-state index contributed by atoms with van der Waals surface area (Å²) in [5.41, 5.74) is 11.3. The van der Waals surface area contributed by atoms with Crippen LogP contribution < -0.4 is 0 Å². The lowest BCUT2D eigenvalue weighted by Gasteiger charge is -2.18. The smallest absolute Gasteiger partial charge is 0.0998 e. The summed E-state index contributed by atoms with van der Waals surface area (Å²) in [5, 5.41) is 27.2. The Balaban J connectivity index is 1.20. The van der Waals surface area contributed by atoms with Crippen molar-refractivity contribution in [1.82, 2.24) is 9.13 Å². The number of nitriles is 2. The first-order valence-corrected chi connectivity index (χ1v) is 19.0. The van der Waals surface area contributed by atoms with Crippen molar-refractivity contribution >= 4 is 75.1 Å². The zero-order chi connectivity index (χ0) is 36.6. The first-order valence-electron chi connectivity index (χ1n) is 18.2. The average Bonchev–Trinajstić information content (AvgIpc) is 3.89. The van der Waals surface area contributed by atoms with Crippen LogP contribution in [0.1, 0.15) is 11.1 Å². The van der Waals surface area contributed by atoms with Crippen molar-refractivity contribution in [3.63, 3.8) is 0 Å². The van der Waals surface area contributed by atoms with Gasteiger partial charge in [0.05, 0.1) is 51.0 Å². The van der Waals surface area contributed by atoms with Gasteiger partial charge < -0.3 is 9.13 Å². The highest BCUT2D eigenvalue weighted by molar-refractivity contribution is 7.25. The van der Waals surface area contributed by atoms with Crippen LogP contribution in [-0.4, -0.2) is 9.13 Å². The molecule has 0 N–H and O–H groups in total. The van der Waals surface area contributed by atoms with Gasteiger partial charge in [-0.2, -0.15) is 10.5 Å². The third-order valence-electron chi connectivity index (χ3n) is 11.0. The number of aromatic nitrogens is 2. The minimum Gasteiger partial charge on any atom is -0.309 e. The molecule has 11 rings (SSSR count). The number of thiophene rings is 1. The Morgan fingerprint density at radius 1 is 0.400 bits per heavy atom. The Hall–Kier alpha value is -7.44. The van der Waals surface area contributed by atoms with E-state index in [0.29, 0.717) is 16.7 Å². The second kappa shape index (κ2) is 12.0. The molecule has 0 amide bonds. The van der Waals surface area contributed by atoms with Gasteiger partial charge in [-0.25, -0.2) is 0 Å². The van der Waals surface area contributed by atoms with Crippen LogP contribution in [0.15, 0.2) is 170 Å². The molecule has 0 unspecified atom stereocenters. The van der Waals surface area contributed by atoms with Gasteiger partial charge in [-0.3, -0.25) is 0 Å². The maximum atomic E-state index is 9.91. The molecular weight excluding hydrogens is 689 g/mol. The van der Waals surface area contributed by atoms with E-state index in [1.807, 2.05) is 23.5 Å². The van der Waals surface area contributed by atoms with Crippen LogP contribution in [0.25, 0.3) is 97.4 Å². The van der Waals surface area contributed by atoms with Crippen LogP contribution in [0, 0.1) is 22.7 Å². The molecule has 5 heteroatoms. The van der Waals surface area contributed by atoms with Gasteiger partial charge in [-0.05, 0) is 71.8 Å². The molecule has 3 heterocycles. The Labute approximate surface area is 320 Å². The number of hydrogen-bond donors (Lipinski definition) is 0. The van der Waals surface area contributed by atoms with E-state index in [0.717, 1.165) is 44.6 Å². The summed E-state index contributed by atoms with van der Waals surface area (Å²) in [6.07, 6.45) is 0. The molecule has 0 saturated carbocycles. The molecule has 0 fully saturated rings. The van der Waals surface area contributed by atoms with Crippen LogP contribution in [0.2, 0.25) is 0 Å². The zero-order valence-electron chi connectivity index (χ0n) is 29.4. The van der Waals surface area contributed by atoms with E-state index in [1.54, 1.807) is 18.2 Å². The monoisotopic (exact) mass is 716 g/mol. The number of rotatable bonds is 4. The highest BCUT2D eigenvalue weighted by Crippen LogP contribution is 2.43. The van der Waals surface area contributed by atoms with Crippen molar-refractivity contribution in [2.24, 2.45) is 0 Å². The van der Waals surface area contributed by atoms with E-state index in [-0.39, 0.29) is 0 Å². The minimum absolute atomic E-state index is 0.487. The van der Waals surface area contributed by atoms with E-state index >= 15 is 0 Å². The maximum absolute atomic E-state index is 9.91. The molecule has 0 spiro atoms. The van der Waals surface area contributed by atoms with Crippen molar-refractivity contribution in [2.45, 2.75) is 0 Å². The van der Waals surface area contributed by atoms with Crippen molar-refractivity contribution < 1.29 is 0 Å². The van der Waals surface area contributed by atoms with E-state index in [2.05, 4.69) is 161 Å². The molecule has 0 radical (unpaired) electrons. The molecule has 55 heavy (non-hydrogen) atoms. The van der Waals surface area contributed by atoms with E-state index in [1.165, 1.54) is 47.2 Å². The molecule has 0 aliphatic heterocycles. The predicted octanol–water partition coefficient (Wildman–Crippen LogP) is 13.3. The summed E-state index contributed by atoms with van der Waals surface area (Å²) in [5.74, 6) is 0. The third kappa shape index (κ3) is 4.61. The number of fused-ring (bicyclic) bond motifs is 9. The van der Waals surface area contributed by atoms with Crippen molar-refractivity contribution in [3.05, 3.63) is 181 Å². The second-order valence-electron chi connectivity index (χ2n) is 13.9. The summed E-state index contributed by atoms with van der Waals surface area (Å²) in [6, 6.07) is 64.4. The molecule has 0 saturated heterocycles. The van der Waals surface area contributed by atoms with Crippen molar-refractivity contribution in [3.8, 4) is 45.8 Å². The van der Waals surface area contributed by atoms with Gasteiger partial charge in [0, 0.05) is 58.5 Å². The summed E-state index contributed by atoms with van der Waals surface area (Å²) >= 11 is 1.85. The SMILES string of the molecule is N#Cc1cccc(C#N)c1-c1ccc(-c2ccc(-n3c4ccccc4c4cc5sc6ccccc6c5cc43)cc2-n2c3ccccc3c3ccccc32)cc1. The number of para-hydroxylation sites is 3. The van der Waals surface area contributed by atoms with Gasteiger partial charge >= 0.3 is 0 Å². The topological polar surface area (TPSA) is 57.4 Å².